The van der Waals surface area contributed by atoms with Crippen LogP contribution in [-0.4, -0.2) is 11.4 Å². The van der Waals surface area contributed by atoms with E-state index < -0.39 is 5.54 Å². The Kier molecular flexibility index (Phi) is 2.13. The fourth-order valence-corrected chi connectivity index (χ4v) is 2.61. The Morgan fingerprint density at radius 1 is 1.00 bits per heavy atom. The summed E-state index contributed by atoms with van der Waals surface area (Å²) in [4.78, 5) is 20.9. The van der Waals surface area contributed by atoms with Crippen LogP contribution in [0.3, 0.4) is 0 Å². The predicted octanol–water partition coefficient (Wildman–Crippen LogP) is 1.17. The van der Waals surface area contributed by atoms with Crippen LogP contribution in [-0.2, 0) is 4.79 Å². The molecule has 1 aliphatic carbocycles. The highest BCUT2D eigenvalue weighted by Gasteiger charge is 2.40. The first kappa shape index (κ1) is 9.70. The number of rotatable bonds is 0. The highest BCUT2D eigenvalue weighted by atomic mass is 16.2. The predicted molar refractivity (Wildman–Crippen MR) is 59.6 cm³/mol. The van der Waals surface area contributed by atoms with Crippen molar-refractivity contribution in [3.8, 4) is 0 Å². The Balaban J connectivity index is 2.18. The van der Waals surface area contributed by atoms with Crippen LogP contribution in [0.15, 0.2) is 34.3 Å². The van der Waals surface area contributed by atoms with Crippen molar-refractivity contribution in [2.75, 3.05) is 0 Å². The van der Waals surface area contributed by atoms with E-state index in [9.17, 15) is 4.79 Å². The van der Waals surface area contributed by atoms with Gasteiger partial charge in [0.2, 0.25) is 0 Å². The van der Waals surface area contributed by atoms with E-state index in [1.165, 1.54) is 6.42 Å². The molecule has 1 saturated carbocycles. The Hall–Kier alpha value is -1.51. The van der Waals surface area contributed by atoms with Gasteiger partial charge in [0.1, 0.15) is 5.54 Å². The molecule has 1 spiro atoms. The maximum absolute atomic E-state index is 12.1. The summed E-state index contributed by atoms with van der Waals surface area (Å²) in [5, 5.41) is 1.60. The maximum Gasteiger partial charge on any atom is 0.274 e. The third-order valence-corrected chi connectivity index (χ3v) is 3.52. The SMILES string of the molecule is O=C1N=c2ccccc2=NC12CCCCC2. The lowest BCUT2D eigenvalue weighted by Gasteiger charge is -2.31. The van der Waals surface area contributed by atoms with E-state index in [-0.39, 0.29) is 5.91 Å². The van der Waals surface area contributed by atoms with Crippen molar-refractivity contribution in [2.24, 2.45) is 9.98 Å². The van der Waals surface area contributed by atoms with Gasteiger partial charge in [-0.05, 0) is 25.0 Å². The summed E-state index contributed by atoms with van der Waals surface area (Å²) in [6, 6.07) is 7.64. The molecule has 0 N–H and O–H groups in total. The highest BCUT2D eigenvalue weighted by Crippen LogP contribution is 2.32. The van der Waals surface area contributed by atoms with Crippen molar-refractivity contribution < 1.29 is 4.79 Å². The van der Waals surface area contributed by atoms with Crippen molar-refractivity contribution in [3.05, 3.63) is 35.0 Å². The van der Waals surface area contributed by atoms with Crippen LogP contribution in [0.2, 0.25) is 0 Å². The van der Waals surface area contributed by atoms with Crippen molar-refractivity contribution in [2.45, 2.75) is 37.6 Å². The molecule has 1 aliphatic heterocycles. The van der Waals surface area contributed by atoms with Gasteiger partial charge in [-0.1, -0.05) is 31.4 Å². The number of nitrogens with zero attached hydrogens (tertiary/aromatic N) is 2. The zero-order valence-corrected chi connectivity index (χ0v) is 9.15. The minimum atomic E-state index is -0.521. The Morgan fingerprint density at radius 3 is 2.44 bits per heavy atom. The van der Waals surface area contributed by atoms with Crippen molar-refractivity contribution in [3.63, 3.8) is 0 Å². The molecule has 1 fully saturated rings. The van der Waals surface area contributed by atoms with E-state index in [1.54, 1.807) is 0 Å². The van der Waals surface area contributed by atoms with E-state index in [1.807, 2.05) is 24.3 Å². The van der Waals surface area contributed by atoms with Crippen LogP contribution in [0.5, 0.6) is 0 Å². The number of carbonyl (C=O) groups is 1. The second kappa shape index (κ2) is 3.51. The normalized spacial score (nSPS) is 22.1. The maximum atomic E-state index is 12.1. The summed E-state index contributed by atoms with van der Waals surface area (Å²) in [6.45, 7) is 0. The van der Waals surface area contributed by atoms with E-state index in [2.05, 4.69) is 9.98 Å². The number of fused-ring (bicyclic) bond motifs is 1. The minimum Gasteiger partial charge on any atom is -0.270 e. The highest BCUT2D eigenvalue weighted by molar-refractivity contribution is 5.88. The molecule has 82 valence electrons. The van der Waals surface area contributed by atoms with Crippen molar-refractivity contribution in [1.82, 2.24) is 0 Å². The first-order valence-corrected chi connectivity index (χ1v) is 5.88. The number of hydrogen-bond acceptors (Lipinski definition) is 2. The van der Waals surface area contributed by atoms with Gasteiger partial charge >= 0.3 is 0 Å². The molecule has 3 rings (SSSR count). The average molecular weight is 214 g/mol. The molecule has 1 aromatic rings. The molecular weight excluding hydrogens is 200 g/mol. The Morgan fingerprint density at radius 2 is 1.69 bits per heavy atom. The van der Waals surface area contributed by atoms with Crippen LogP contribution < -0.4 is 10.7 Å². The number of hydrogen-bond donors (Lipinski definition) is 0. The van der Waals surface area contributed by atoms with Gasteiger partial charge < -0.3 is 0 Å². The third-order valence-electron chi connectivity index (χ3n) is 3.52. The van der Waals surface area contributed by atoms with Crippen LogP contribution in [0.4, 0.5) is 0 Å². The van der Waals surface area contributed by atoms with E-state index in [0.29, 0.717) is 0 Å². The molecule has 0 aromatic heterocycles. The lowest BCUT2D eigenvalue weighted by atomic mass is 9.81. The van der Waals surface area contributed by atoms with E-state index >= 15 is 0 Å². The summed E-state index contributed by atoms with van der Waals surface area (Å²) in [7, 11) is 0. The molecule has 1 amide bonds. The Bertz CT molecular complexity index is 541. The zero-order valence-electron chi connectivity index (χ0n) is 9.15. The average Bonchev–Trinajstić information content (AvgIpc) is 2.32. The monoisotopic (exact) mass is 214 g/mol. The van der Waals surface area contributed by atoms with Crippen molar-refractivity contribution >= 4 is 5.91 Å². The zero-order chi connectivity index (χ0) is 11.0. The number of amides is 1. The molecule has 2 aliphatic rings. The second-order valence-corrected chi connectivity index (χ2v) is 4.61. The van der Waals surface area contributed by atoms with Crippen molar-refractivity contribution in [1.29, 1.82) is 0 Å². The standard InChI is InChI=1S/C13H14N2O/c16-12-13(8-4-1-5-9-13)15-11-7-3-2-6-10(11)14-12/h2-3,6-7H,1,4-5,8-9H2. The molecular formula is C13H14N2O. The smallest absolute Gasteiger partial charge is 0.270 e. The molecule has 3 nitrogen and oxygen atoms in total. The van der Waals surface area contributed by atoms with Gasteiger partial charge in [-0.2, -0.15) is 0 Å². The largest absolute Gasteiger partial charge is 0.274 e. The van der Waals surface area contributed by atoms with Gasteiger partial charge in [-0.15, -0.1) is 0 Å². The molecule has 0 saturated heterocycles. The summed E-state index contributed by atoms with van der Waals surface area (Å²) in [6.07, 6.45) is 5.12. The van der Waals surface area contributed by atoms with Gasteiger partial charge in [0.05, 0.1) is 10.7 Å². The Labute approximate surface area is 93.9 Å². The lowest BCUT2D eigenvalue weighted by molar-refractivity contribution is -0.124. The van der Waals surface area contributed by atoms with E-state index in [0.717, 1.165) is 36.4 Å². The lowest BCUT2D eigenvalue weighted by Crippen LogP contribution is -2.47. The summed E-state index contributed by atoms with van der Waals surface area (Å²) in [5.41, 5.74) is -0.521. The first-order valence-electron chi connectivity index (χ1n) is 5.88. The molecule has 0 atom stereocenters. The number of para-hydroxylation sites is 2. The molecule has 16 heavy (non-hydrogen) atoms. The molecule has 3 heteroatoms. The summed E-state index contributed by atoms with van der Waals surface area (Å²) >= 11 is 0. The van der Waals surface area contributed by atoms with E-state index in [4.69, 9.17) is 0 Å². The molecule has 0 radical (unpaired) electrons. The van der Waals surface area contributed by atoms with Crippen LogP contribution in [0.25, 0.3) is 0 Å². The number of benzene rings is 1. The number of carbonyl (C=O) groups excluding carboxylic acids is 1. The fraction of sp³-hybridized carbons (Fsp3) is 0.462. The molecule has 0 unspecified atom stereocenters. The molecule has 0 bridgehead atoms. The fourth-order valence-electron chi connectivity index (χ4n) is 2.61. The first-order chi connectivity index (χ1) is 7.80. The topological polar surface area (TPSA) is 41.8 Å². The van der Waals surface area contributed by atoms with Gasteiger partial charge in [-0.25, -0.2) is 4.99 Å². The van der Waals surface area contributed by atoms with Crippen LogP contribution in [0, 0.1) is 0 Å². The van der Waals surface area contributed by atoms with Crippen LogP contribution >= 0.6 is 0 Å². The van der Waals surface area contributed by atoms with Gasteiger partial charge in [0.15, 0.2) is 0 Å². The minimum absolute atomic E-state index is 0.0362. The quantitative estimate of drug-likeness (QED) is 0.639. The molecule has 1 aromatic carbocycles. The van der Waals surface area contributed by atoms with Gasteiger partial charge in [0, 0.05) is 0 Å². The van der Waals surface area contributed by atoms with Gasteiger partial charge in [-0.3, -0.25) is 9.79 Å². The van der Waals surface area contributed by atoms with Gasteiger partial charge in [0.25, 0.3) is 5.91 Å². The second-order valence-electron chi connectivity index (χ2n) is 4.61. The summed E-state index contributed by atoms with van der Waals surface area (Å²) in [5.74, 6) is -0.0362. The summed E-state index contributed by atoms with van der Waals surface area (Å²) < 4.78 is 0. The third kappa shape index (κ3) is 1.39. The van der Waals surface area contributed by atoms with Crippen LogP contribution in [0.1, 0.15) is 32.1 Å². The molecule has 1 heterocycles.